The number of carbonyl (C=O) groups excluding carboxylic acids is 1. The molecule has 0 aromatic heterocycles. The Labute approximate surface area is 63.7 Å². The van der Waals surface area contributed by atoms with Crippen molar-refractivity contribution in [2.45, 2.75) is 12.8 Å². The van der Waals surface area contributed by atoms with Crippen LogP contribution in [0.25, 0.3) is 0 Å². The lowest BCUT2D eigenvalue weighted by Crippen LogP contribution is -2.16. The van der Waals surface area contributed by atoms with Gasteiger partial charge in [-0.25, -0.2) is 4.79 Å². The Morgan fingerprint density at radius 2 is 2.36 bits per heavy atom. The molecule has 0 aliphatic heterocycles. The highest BCUT2D eigenvalue weighted by Crippen LogP contribution is 2.41. The van der Waals surface area contributed by atoms with E-state index >= 15 is 0 Å². The van der Waals surface area contributed by atoms with Crippen LogP contribution in [0, 0.1) is 11.8 Å². The highest BCUT2D eigenvalue weighted by molar-refractivity contribution is 6.00. The third kappa shape index (κ3) is 0.803. The number of carboxylic acid groups (broad SMARTS) is 1. The van der Waals surface area contributed by atoms with E-state index in [0.717, 1.165) is 6.42 Å². The molecule has 2 aliphatic carbocycles. The minimum atomic E-state index is -0.925. The summed E-state index contributed by atoms with van der Waals surface area (Å²) >= 11 is 0. The molecule has 0 aromatic rings. The van der Waals surface area contributed by atoms with Crippen molar-refractivity contribution in [3.8, 4) is 0 Å². The van der Waals surface area contributed by atoms with Crippen LogP contribution in [0.4, 0.5) is 0 Å². The first-order valence-corrected chi connectivity index (χ1v) is 3.66. The van der Waals surface area contributed by atoms with Gasteiger partial charge in [-0.15, -0.1) is 0 Å². The molecule has 3 heteroatoms. The van der Waals surface area contributed by atoms with Crippen molar-refractivity contribution in [2.75, 3.05) is 0 Å². The minimum Gasteiger partial charge on any atom is -0.478 e. The number of carboxylic acids is 1. The molecule has 2 bridgehead atoms. The van der Waals surface area contributed by atoms with Crippen LogP contribution in [0.3, 0.4) is 0 Å². The van der Waals surface area contributed by atoms with Crippen molar-refractivity contribution >= 4 is 11.8 Å². The summed E-state index contributed by atoms with van der Waals surface area (Å²) in [5.41, 5.74) is 0.325. The summed E-state index contributed by atoms with van der Waals surface area (Å²) in [4.78, 5) is 21.6. The van der Waals surface area contributed by atoms with Crippen LogP contribution >= 0.6 is 0 Å². The van der Waals surface area contributed by atoms with E-state index in [9.17, 15) is 9.59 Å². The number of rotatable bonds is 1. The molecule has 11 heavy (non-hydrogen) atoms. The lowest BCUT2D eigenvalue weighted by Gasteiger charge is -2.06. The summed E-state index contributed by atoms with van der Waals surface area (Å²) in [6.07, 6.45) is 3.02. The zero-order chi connectivity index (χ0) is 8.01. The molecule has 0 heterocycles. The van der Waals surface area contributed by atoms with Crippen LogP contribution < -0.4 is 0 Å². The maximum Gasteiger partial charge on any atom is 0.331 e. The van der Waals surface area contributed by atoms with E-state index in [0.29, 0.717) is 12.0 Å². The summed E-state index contributed by atoms with van der Waals surface area (Å²) in [5.74, 6) is -0.878. The largest absolute Gasteiger partial charge is 0.478 e. The second-order valence-corrected chi connectivity index (χ2v) is 3.15. The number of aliphatic carboxylic acids is 1. The summed E-state index contributed by atoms with van der Waals surface area (Å²) in [5, 5.41) is 8.63. The van der Waals surface area contributed by atoms with E-state index in [2.05, 4.69) is 0 Å². The molecular formula is C8H8O3. The highest BCUT2D eigenvalue weighted by atomic mass is 16.4. The average Bonchev–Trinajstić information content (AvgIpc) is 2.43. The SMILES string of the molecule is O=C(O)C1=CC2CC(=O)C1C2. The Balaban J connectivity index is 2.33. The van der Waals surface area contributed by atoms with Crippen molar-refractivity contribution in [3.05, 3.63) is 11.6 Å². The molecule has 3 nitrogen and oxygen atoms in total. The molecule has 58 valence electrons. The number of hydrogen-bond acceptors (Lipinski definition) is 2. The number of carbonyl (C=O) groups is 2. The predicted octanol–water partition coefficient (Wildman–Crippen LogP) is 0.606. The number of ketones is 1. The molecular weight excluding hydrogens is 144 g/mol. The van der Waals surface area contributed by atoms with Crippen molar-refractivity contribution < 1.29 is 14.7 Å². The van der Waals surface area contributed by atoms with Gasteiger partial charge in [0.25, 0.3) is 0 Å². The normalized spacial score (nSPS) is 34.2. The monoisotopic (exact) mass is 152 g/mol. The third-order valence-corrected chi connectivity index (χ3v) is 2.43. The zero-order valence-electron chi connectivity index (χ0n) is 5.91. The summed E-state index contributed by atoms with van der Waals surface area (Å²) < 4.78 is 0. The molecule has 0 aromatic carbocycles. The van der Waals surface area contributed by atoms with E-state index in [-0.39, 0.29) is 17.6 Å². The summed E-state index contributed by atoms with van der Waals surface area (Å²) in [7, 11) is 0. The predicted molar refractivity (Wildman–Crippen MR) is 36.9 cm³/mol. The number of Topliss-reactive ketones (excluding diaryl/α,β-unsaturated/α-hetero) is 1. The van der Waals surface area contributed by atoms with Crippen molar-refractivity contribution in [1.29, 1.82) is 0 Å². The maximum absolute atomic E-state index is 11.0. The molecule has 1 N–H and O–H groups in total. The first-order valence-electron chi connectivity index (χ1n) is 3.66. The molecule has 2 aliphatic rings. The number of fused-ring (bicyclic) bond motifs is 2. The second kappa shape index (κ2) is 1.94. The van der Waals surface area contributed by atoms with E-state index < -0.39 is 5.97 Å². The van der Waals surface area contributed by atoms with Gasteiger partial charge >= 0.3 is 5.97 Å². The Hall–Kier alpha value is -1.12. The molecule has 2 atom stereocenters. The van der Waals surface area contributed by atoms with Gasteiger partial charge in [0.1, 0.15) is 5.78 Å². The molecule has 2 unspecified atom stereocenters. The molecule has 2 rings (SSSR count). The fourth-order valence-electron chi connectivity index (χ4n) is 1.94. The topological polar surface area (TPSA) is 54.4 Å². The van der Waals surface area contributed by atoms with Crippen LogP contribution in [0.15, 0.2) is 11.6 Å². The van der Waals surface area contributed by atoms with Gasteiger partial charge in [-0.05, 0) is 12.3 Å². The van der Waals surface area contributed by atoms with Gasteiger partial charge in [-0.2, -0.15) is 0 Å². The Kier molecular flexibility index (Phi) is 1.16. The Morgan fingerprint density at radius 1 is 1.64 bits per heavy atom. The van der Waals surface area contributed by atoms with E-state index in [1.54, 1.807) is 6.08 Å². The van der Waals surface area contributed by atoms with Crippen molar-refractivity contribution in [3.63, 3.8) is 0 Å². The number of allylic oxidation sites excluding steroid dienone is 1. The van der Waals surface area contributed by atoms with Gasteiger partial charge in [0.2, 0.25) is 0 Å². The maximum atomic E-state index is 11.0. The van der Waals surface area contributed by atoms with Crippen LogP contribution in [0.2, 0.25) is 0 Å². The Morgan fingerprint density at radius 3 is 2.73 bits per heavy atom. The lowest BCUT2D eigenvalue weighted by atomic mass is 9.97. The van der Waals surface area contributed by atoms with Crippen LogP contribution in [0.1, 0.15) is 12.8 Å². The fraction of sp³-hybridized carbons (Fsp3) is 0.500. The first kappa shape index (κ1) is 6.58. The summed E-state index contributed by atoms with van der Waals surface area (Å²) in [6, 6.07) is 0. The average molecular weight is 152 g/mol. The van der Waals surface area contributed by atoms with Crippen LogP contribution in [-0.2, 0) is 9.59 Å². The quantitative estimate of drug-likeness (QED) is 0.598. The van der Waals surface area contributed by atoms with Crippen molar-refractivity contribution in [2.24, 2.45) is 11.8 Å². The standard InChI is InChI=1S/C8H8O3/c9-7-3-4-1-5(7)6(2-4)8(10)11/h2,4-5H,1,3H2,(H,10,11). The van der Waals surface area contributed by atoms with Gasteiger partial charge < -0.3 is 5.11 Å². The minimum absolute atomic E-state index is 0.106. The first-order chi connectivity index (χ1) is 5.18. The van der Waals surface area contributed by atoms with E-state index in [1.165, 1.54) is 0 Å². The van der Waals surface area contributed by atoms with Gasteiger partial charge in [0.15, 0.2) is 0 Å². The third-order valence-electron chi connectivity index (χ3n) is 2.43. The van der Waals surface area contributed by atoms with Crippen molar-refractivity contribution in [1.82, 2.24) is 0 Å². The highest BCUT2D eigenvalue weighted by Gasteiger charge is 2.42. The van der Waals surface area contributed by atoms with Gasteiger partial charge in [-0.3, -0.25) is 4.79 Å². The van der Waals surface area contributed by atoms with Gasteiger partial charge in [0, 0.05) is 12.0 Å². The van der Waals surface area contributed by atoms with Crippen LogP contribution in [0.5, 0.6) is 0 Å². The molecule has 0 radical (unpaired) electrons. The van der Waals surface area contributed by atoms with E-state index in [4.69, 9.17) is 5.11 Å². The fourth-order valence-corrected chi connectivity index (χ4v) is 1.94. The van der Waals surface area contributed by atoms with Crippen LogP contribution in [-0.4, -0.2) is 16.9 Å². The second-order valence-electron chi connectivity index (χ2n) is 3.15. The van der Waals surface area contributed by atoms with Gasteiger partial charge in [-0.1, -0.05) is 6.08 Å². The lowest BCUT2D eigenvalue weighted by molar-refractivity contribution is -0.134. The number of hydrogen-bond donors (Lipinski definition) is 1. The molecule has 0 amide bonds. The molecule has 0 spiro atoms. The zero-order valence-corrected chi connectivity index (χ0v) is 5.91. The summed E-state index contributed by atoms with van der Waals surface area (Å²) in [6.45, 7) is 0. The van der Waals surface area contributed by atoms with E-state index in [1.807, 2.05) is 0 Å². The molecule has 0 saturated heterocycles. The van der Waals surface area contributed by atoms with Gasteiger partial charge in [0.05, 0.1) is 5.92 Å². The molecule has 1 saturated carbocycles. The Bertz CT molecular complexity index is 265. The molecule has 1 fully saturated rings. The smallest absolute Gasteiger partial charge is 0.331 e.